The average Bonchev–Trinajstić information content (AvgIpc) is 2.68. The van der Waals surface area contributed by atoms with Gasteiger partial charge in [-0.05, 0) is 31.9 Å². The molecule has 2 aliphatic heterocycles. The van der Waals surface area contributed by atoms with Crippen molar-refractivity contribution in [1.82, 2.24) is 14.1 Å². The van der Waals surface area contributed by atoms with E-state index in [1.807, 2.05) is 6.92 Å². The second-order valence-corrected chi connectivity index (χ2v) is 8.92. The molecule has 2 heterocycles. The molecule has 0 spiro atoms. The zero-order valence-corrected chi connectivity index (χ0v) is 15.9. The Labute approximate surface area is 155 Å². The minimum atomic E-state index is -3.50. The molecule has 0 radical (unpaired) electrons. The van der Waals surface area contributed by atoms with Crippen LogP contribution in [-0.4, -0.2) is 85.0 Å². The van der Waals surface area contributed by atoms with Crippen LogP contribution in [0.1, 0.15) is 19.8 Å². The van der Waals surface area contributed by atoms with Crippen molar-refractivity contribution in [2.75, 3.05) is 39.3 Å². The van der Waals surface area contributed by atoms with Gasteiger partial charge in [-0.25, -0.2) is 8.42 Å². The molecule has 0 saturated carbocycles. The summed E-state index contributed by atoms with van der Waals surface area (Å²) < 4.78 is 26.8. The number of nitrogens with zero attached hydrogens (tertiary/aromatic N) is 3. The Morgan fingerprint density at radius 2 is 1.62 bits per heavy atom. The minimum Gasteiger partial charge on any atom is -0.393 e. The molecule has 2 saturated heterocycles. The van der Waals surface area contributed by atoms with Crippen molar-refractivity contribution >= 4 is 15.9 Å². The van der Waals surface area contributed by atoms with Gasteiger partial charge < -0.3 is 10.0 Å². The van der Waals surface area contributed by atoms with Crippen LogP contribution in [0.3, 0.4) is 0 Å². The minimum absolute atomic E-state index is 0.0400. The summed E-state index contributed by atoms with van der Waals surface area (Å²) >= 11 is 0. The van der Waals surface area contributed by atoms with E-state index in [-0.39, 0.29) is 18.1 Å². The van der Waals surface area contributed by atoms with Crippen LogP contribution in [0.5, 0.6) is 0 Å². The molecule has 0 aromatic heterocycles. The van der Waals surface area contributed by atoms with E-state index < -0.39 is 10.0 Å². The van der Waals surface area contributed by atoms with Crippen molar-refractivity contribution in [3.8, 4) is 0 Å². The fraction of sp³-hybridized carbons (Fsp3) is 0.611. The maximum absolute atomic E-state index is 12.8. The highest BCUT2D eigenvalue weighted by molar-refractivity contribution is 7.89. The lowest BCUT2D eigenvalue weighted by Gasteiger charge is -2.39. The SMILES string of the molecule is C[C@@H](C(=O)N1CCN(S(=O)(=O)c2ccccc2)CC1)N1CCC(O)CC1. The van der Waals surface area contributed by atoms with Gasteiger partial charge in [0.15, 0.2) is 0 Å². The molecule has 2 fully saturated rings. The number of hydrogen-bond donors (Lipinski definition) is 1. The fourth-order valence-electron chi connectivity index (χ4n) is 3.58. The number of aliphatic hydroxyl groups excluding tert-OH is 1. The van der Waals surface area contributed by atoms with Crippen LogP contribution in [0.25, 0.3) is 0 Å². The normalized spacial score (nSPS) is 22.3. The molecule has 7 nitrogen and oxygen atoms in total. The van der Waals surface area contributed by atoms with Crippen LogP contribution < -0.4 is 0 Å². The number of amides is 1. The number of carbonyl (C=O) groups is 1. The quantitative estimate of drug-likeness (QED) is 0.815. The molecule has 1 atom stereocenters. The van der Waals surface area contributed by atoms with Crippen molar-refractivity contribution < 1.29 is 18.3 Å². The van der Waals surface area contributed by atoms with E-state index in [1.54, 1.807) is 35.2 Å². The Morgan fingerprint density at radius 1 is 1.04 bits per heavy atom. The van der Waals surface area contributed by atoms with Crippen molar-refractivity contribution in [3.63, 3.8) is 0 Å². The van der Waals surface area contributed by atoms with Crippen LogP contribution in [-0.2, 0) is 14.8 Å². The van der Waals surface area contributed by atoms with Crippen LogP contribution in [0.4, 0.5) is 0 Å². The Balaban J connectivity index is 1.57. The molecule has 1 aromatic rings. The molecule has 2 aliphatic rings. The van der Waals surface area contributed by atoms with Gasteiger partial charge in [-0.1, -0.05) is 18.2 Å². The summed E-state index contributed by atoms with van der Waals surface area (Å²) in [4.78, 5) is 16.9. The maximum atomic E-state index is 12.8. The highest BCUT2D eigenvalue weighted by Crippen LogP contribution is 2.19. The third kappa shape index (κ3) is 4.09. The van der Waals surface area contributed by atoms with Crippen molar-refractivity contribution in [3.05, 3.63) is 30.3 Å². The highest BCUT2D eigenvalue weighted by atomic mass is 32.2. The predicted octanol–water partition coefficient (Wildman–Crippen LogP) is 0.365. The summed E-state index contributed by atoms with van der Waals surface area (Å²) in [5, 5.41) is 9.61. The summed E-state index contributed by atoms with van der Waals surface area (Å²) in [6, 6.07) is 8.17. The van der Waals surface area contributed by atoms with Crippen molar-refractivity contribution in [2.24, 2.45) is 0 Å². The Hall–Kier alpha value is -1.48. The summed E-state index contributed by atoms with van der Waals surface area (Å²) in [5.41, 5.74) is 0. The number of piperazine rings is 1. The van der Waals surface area contributed by atoms with Gasteiger partial charge >= 0.3 is 0 Å². The Morgan fingerprint density at radius 3 is 2.19 bits per heavy atom. The number of rotatable bonds is 4. The second kappa shape index (κ2) is 8.04. The van der Waals surface area contributed by atoms with Gasteiger partial charge in [-0.2, -0.15) is 4.31 Å². The molecule has 26 heavy (non-hydrogen) atoms. The van der Waals surface area contributed by atoms with Gasteiger partial charge in [0, 0.05) is 39.3 Å². The summed E-state index contributed by atoms with van der Waals surface area (Å²) in [6.45, 7) is 4.78. The monoisotopic (exact) mass is 381 g/mol. The van der Waals surface area contributed by atoms with E-state index in [9.17, 15) is 18.3 Å². The molecule has 1 amide bonds. The van der Waals surface area contributed by atoms with Crippen LogP contribution in [0.2, 0.25) is 0 Å². The zero-order chi connectivity index (χ0) is 18.7. The highest BCUT2D eigenvalue weighted by Gasteiger charge is 2.33. The van der Waals surface area contributed by atoms with Crippen LogP contribution in [0.15, 0.2) is 35.2 Å². The molecule has 1 N–H and O–H groups in total. The van der Waals surface area contributed by atoms with E-state index in [0.717, 1.165) is 13.1 Å². The zero-order valence-electron chi connectivity index (χ0n) is 15.1. The van der Waals surface area contributed by atoms with Crippen molar-refractivity contribution in [1.29, 1.82) is 0 Å². The van der Waals surface area contributed by atoms with Gasteiger partial charge in [0.25, 0.3) is 0 Å². The predicted molar refractivity (Wildman–Crippen MR) is 98.1 cm³/mol. The van der Waals surface area contributed by atoms with E-state index in [0.29, 0.717) is 43.9 Å². The molecule has 0 bridgehead atoms. The fourth-order valence-corrected chi connectivity index (χ4v) is 5.03. The van der Waals surface area contributed by atoms with E-state index in [2.05, 4.69) is 4.90 Å². The van der Waals surface area contributed by atoms with E-state index >= 15 is 0 Å². The van der Waals surface area contributed by atoms with Gasteiger partial charge in [0.05, 0.1) is 17.0 Å². The standard InChI is InChI=1S/C18H27N3O4S/c1-15(19-9-7-16(22)8-10-19)18(23)20-11-13-21(14-12-20)26(24,25)17-5-3-2-4-6-17/h2-6,15-16,22H,7-14H2,1H3/t15-/m0/s1. The molecule has 3 rings (SSSR count). The topological polar surface area (TPSA) is 81.2 Å². The maximum Gasteiger partial charge on any atom is 0.243 e. The molecule has 144 valence electrons. The average molecular weight is 381 g/mol. The van der Waals surface area contributed by atoms with E-state index in [4.69, 9.17) is 0 Å². The number of carbonyl (C=O) groups excluding carboxylic acids is 1. The third-order valence-corrected chi connectivity index (χ3v) is 7.25. The summed E-state index contributed by atoms with van der Waals surface area (Å²) in [7, 11) is -3.50. The molecular weight excluding hydrogens is 354 g/mol. The van der Waals surface area contributed by atoms with E-state index in [1.165, 1.54) is 4.31 Å². The second-order valence-electron chi connectivity index (χ2n) is 6.99. The summed E-state index contributed by atoms with van der Waals surface area (Å²) in [5.74, 6) is 0.0400. The number of sulfonamides is 1. The first-order valence-electron chi connectivity index (χ1n) is 9.15. The number of aliphatic hydroxyl groups is 1. The lowest BCUT2D eigenvalue weighted by Crippen LogP contribution is -2.56. The summed E-state index contributed by atoms with van der Waals surface area (Å²) in [6.07, 6.45) is 1.13. The lowest BCUT2D eigenvalue weighted by atomic mass is 10.1. The molecule has 8 heteroatoms. The molecular formula is C18H27N3O4S. The first-order chi connectivity index (χ1) is 12.4. The van der Waals surface area contributed by atoms with Gasteiger partial charge in [0.1, 0.15) is 0 Å². The van der Waals surface area contributed by atoms with Crippen molar-refractivity contribution in [2.45, 2.75) is 36.8 Å². The Bertz CT molecular complexity index is 709. The largest absolute Gasteiger partial charge is 0.393 e. The van der Waals surface area contributed by atoms with Crippen LogP contribution >= 0.6 is 0 Å². The van der Waals surface area contributed by atoms with Gasteiger partial charge in [0.2, 0.25) is 15.9 Å². The first kappa shape index (κ1) is 19.3. The molecule has 0 unspecified atom stereocenters. The van der Waals surface area contributed by atoms with Crippen LogP contribution in [0, 0.1) is 0 Å². The van der Waals surface area contributed by atoms with Gasteiger partial charge in [-0.3, -0.25) is 9.69 Å². The number of hydrogen-bond acceptors (Lipinski definition) is 5. The number of piperidine rings is 1. The smallest absolute Gasteiger partial charge is 0.243 e. The number of benzene rings is 1. The third-order valence-electron chi connectivity index (χ3n) is 5.34. The Kier molecular flexibility index (Phi) is 5.96. The first-order valence-corrected chi connectivity index (χ1v) is 10.6. The van der Waals surface area contributed by atoms with Gasteiger partial charge in [-0.15, -0.1) is 0 Å². The number of likely N-dealkylation sites (tertiary alicyclic amines) is 1. The lowest BCUT2D eigenvalue weighted by molar-refractivity contribution is -0.138. The molecule has 1 aromatic carbocycles. The molecule has 0 aliphatic carbocycles.